The smallest absolute Gasteiger partial charge is 0.338 e. The Morgan fingerprint density at radius 3 is 2.47 bits per heavy atom. The number of para-hydroxylation sites is 1. The molecule has 3 rings (SSSR count). The zero-order valence-electron chi connectivity index (χ0n) is 16.7. The number of rotatable bonds is 9. The fourth-order valence-corrected chi connectivity index (χ4v) is 2.98. The Hall–Kier alpha value is -3.58. The molecule has 3 aromatic rings. The van der Waals surface area contributed by atoms with Gasteiger partial charge in [-0.15, -0.1) is 0 Å². The van der Waals surface area contributed by atoms with E-state index in [1.807, 2.05) is 23.1 Å². The first-order valence-electron chi connectivity index (χ1n) is 9.63. The molecule has 0 saturated carbocycles. The van der Waals surface area contributed by atoms with E-state index in [0.29, 0.717) is 30.9 Å². The molecule has 0 aliphatic rings. The van der Waals surface area contributed by atoms with E-state index in [2.05, 4.69) is 5.32 Å². The predicted molar refractivity (Wildman–Crippen MR) is 112 cm³/mol. The molecular formula is C23H24N2O5. The average Bonchev–Trinajstić information content (AvgIpc) is 3.23. The Morgan fingerprint density at radius 2 is 1.80 bits per heavy atom. The summed E-state index contributed by atoms with van der Waals surface area (Å²) in [7, 11) is 0. The van der Waals surface area contributed by atoms with E-state index in [1.54, 1.807) is 55.7 Å². The van der Waals surface area contributed by atoms with Gasteiger partial charge in [-0.1, -0.05) is 18.2 Å². The first-order valence-corrected chi connectivity index (χ1v) is 9.63. The number of amides is 1. The number of ether oxygens (including phenoxy) is 1. The molecule has 0 bridgehead atoms. The lowest BCUT2D eigenvalue weighted by molar-refractivity contribution is -0.117. The van der Waals surface area contributed by atoms with Crippen molar-refractivity contribution in [3.8, 4) is 5.75 Å². The van der Waals surface area contributed by atoms with Gasteiger partial charge in [-0.3, -0.25) is 9.69 Å². The Balaban J connectivity index is 1.65. The minimum atomic E-state index is -0.400. The number of carbonyl (C=O) groups excluding carboxylic acids is 2. The molecule has 1 aromatic heterocycles. The maximum Gasteiger partial charge on any atom is 0.338 e. The molecule has 0 atom stereocenters. The summed E-state index contributed by atoms with van der Waals surface area (Å²) in [4.78, 5) is 26.2. The number of furan rings is 1. The molecule has 0 fully saturated rings. The second-order valence-corrected chi connectivity index (χ2v) is 6.70. The Labute approximate surface area is 174 Å². The van der Waals surface area contributed by atoms with Crippen molar-refractivity contribution in [3.05, 3.63) is 83.8 Å². The molecule has 0 radical (unpaired) electrons. The summed E-state index contributed by atoms with van der Waals surface area (Å²) < 4.78 is 10.4. The number of nitrogens with one attached hydrogen (secondary N) is 1. The first kappa shape index (κ1) is 21.1. The zero-order valence-corrected chi connectivity index (χ0v) is 16.7. The standard InChI is InChI=1S/C23H24N2O5/c1-2-29-23(28)17-9-11-19(12-10-17)24-22(27)16-25(15-20-7-5-13-30-20)14-18-6-3-4-8-21(18)26/h3-13,26H,2,14-16H2,1H3,(H,24,27). The minimum absolute atomic E-state index is 0.0919. The third-order valence-electron chi connectivity index (χ3n) is 4.39. The molecule has 7 nitrogen and oxygen atoms in total. The number of hydrogen-bond donors (Lipinski definition) is 2. The van der Waals surface area contributed by atoms with E-state index >= 15 is 0 Å². The molecule has 0 aliphatic heterocycles. The van der Waals surface area contributed by atoms with Crippen LogP contribution in [-0.4, -0.2) is 35.0 Å². The normalized spacial score (nSPS) is 10.7. The first-order chi connectivity index (χ1) is 14.5. The minimum Gasteiger partial charge on any atom is -0.508 e. The van der Waals surface area contributed by atoms with Crippen LogP contribution < -0.4 is 5.32 Å². The van der Waals surface area contributed by atoms with Crippen LogP contribution in [-0.2, 0) is 22.6 Å². The maximum atomic E-state index is 12.6. The zero-order chi connectivity index (χ0) is 21.3. The molecule has 2 aromatic carbocycles. The summed E-state index contributed by atoms with van der Waals surface area (Å²) in [6.45, 7) is 2.93. The van der Waals surface area contributed by atoms with Gasteiger partial charge in [0.2, 0.25) is 5.91 Å². The largest absolute Gasteiger partial charge is 0.508 e. The van der Waals surface area contributed by atoms with Gasteiger partial charge in [0.25, 0.3) is 0 Å². The van der Waals surface area contributed by atoms with Gasteiger partial charge in [0.05, 0.1) is 31.5 Å². The molecular weight excluding hydrogens is 384 g/mol. The second-order valence-electron chi connectivity index (χ2n) is 6.70. The number of nitrogens with zero attached hydrogens (tertiary/aromatic N) is 1. The summed E-state index contributed by atoms with van der Waals surface area (Å²) in [5, 5.41) is 12.9. The number of phenolic OH excluding ortho intramolecular Hbond substituents is 1. The van der Waals surface area contributed by atoms with Crippen LogP contribution in [0, 0.1) is 0 Å². The van der Waals surface area contributed by atoms with Crippen molar-refractivity contribution < 1.29 is 23.8 Å². The molecule has 0 spiro atoms. The quantitative estimate of drug-likeness (QED) is 0.523. The lowest BCUT2D eigenvalue weighted by Crippen LogP contribution is -2.32. The van der Waals surface area contributed by atoms with Crippen molar-refractivity contribution in [3.63, 3.8) is 0 Å². The third-order valence-corrected chi connectivity index (χ3v) is 4.39. The molecule has 1 heterocycles. The summed E-state index contributed by atoms with van der Waals surface area (Å²) in [6.07, 6.45) is 1.58. The number of anilines is 1. The van der Waals surface area contributed by atoms with Crippen molar-refractivity contribution in [2.75, 3.05) is 18.5 Å². The van der Waals surface area contributed by atoms with Gasteiger partial charge in [0.1, 0.15) is 11.5 Å². The summed E-state index contributed by atoms with van der Waals surface area (Å²) in [5.74, 6) is 0.275. The highest BCUT2D eigenvalue weighted by Crippen LogP contribution is 2.19. The van der Waals surface area contributed by atoms with Crippen molar-refractivity contribution in [1.29, 1.82) is 0 Å². The third kappa shape index (κ3) is 5.96. The molecule has 0 unspecified atom stereocenters. The van der Waals surface area contributed by atoms with Crippen LogP contribution >= 0.6 is 0 Å². The lowest BCUT2D eigenvalue weighted by Gasteiger charge is -2.21. The highest BCUT2D eigenvalue weighted by Gasteiger charge is 2.15. The summed E-state index contributed by atoms with van der Waals surface area (Å²) >= 11 is 0. The van der Waals surface area contributed by atoms with Crippen LogP contribution in [0.3, 0.4) is 0 Å². The molecule has 0 saturated heterocycles. The fraction of sp³-hybridized carbons (Fsp3) is 0.217. The van der Waals surface area contributed by atoms with E-state index in [9.17, 15) is 14.7 Å². The van der Waals surface area contributed by atoms with Crippen LogP contribution in [0.1, 0.15) is 28.6 Å². The van der Waals surface area contributed by atoms with Crippen molar-refractivity contribution in [2.24, 2.45) is 0 Å². The van der Waals surface area contributed by atoms with Crippen LogP contribution in [0.4, 0.5) is 5.69 Å². The summed E-state index contributed by atoms with van der Waals surface area (Å²) in [6, 6.07) is 17.2. The SMILES string of the molecule is CCOC(=O)c1ccc(NC(=O)CN(Cc2ccco2)Cc2ccccc2O)cc1. The number of benzene rings is 2. The molecule has 7 heteroatoms. The fourth-order valence-electron chi connectivity index (χ4n) is 2.98. The van der Waals surface area contributed by atoms with Gasteiger partial charge in [0.15, 0.2) is 0 Å². The molecule has 0 aliphatic carbocycles. The Kier molecular flexibility index (Phi) is 7.24. The number of hydrogen-bond acceptors (Lipinski definition) is 6. The Bertz CT molecular complexity index is 968. The maximum absolute atomic E-state index is 12.6. The van der Waals surface area contributed by atoms with E-state index in [1.165, 1.54) is 0 Å². The van der Waals surface area contributed by atoms with Crippen LogP contribution in [0.15, 0.2) is 71.3 Å². The van der Waals surface area contributed by atoms with Gasteiger partial charge >= 0.3 is 5.97 Å². The van der Waals surface area contributed by atoms with Crippen LogP contribution in [0.5, 0.6) is 5.75 Å². The van der Waals surface area contributed by atoms with Crippen molar-refractivity contribution in [2.45, 2.75) is 20.0 Å². The highest BCUT2D eigenvalue weighted by molar-refractivity contribution is 5.94. The predicted octanol–water partition coefficient (Wildman–Crippen LogP) is 3.80. The van der Waals surface area contributed by atoms with E-state index in [0.717, 1.165) is 11.3 Å². The van der Waals surface area contributed by atoms with E-state index in [-0.39, 0.29) is 18.2 Å². The molecule has 156 valence electrons. The summed E-state index contributed by atoms with van der Waals surface area (Å²) in [5.41, 5.74) is 1.72. The Morgan fingerprint density at radius 1 is 1.03 bits per heavy atom. The van der Waals surface area contributed by atoms with Gasteiger partial charge in [0, 0.05) is 17.8 Å². The van der Waals surface area contributed by atoms with Crippen LogP contribution in [0.25, 0.3) is 0 Å². The van der Waals surface area contributed by atoms with Crippen LogP contribution in [0.2, 0.25) is 0 Å². The molecule has 1 amide bonds. The molecule has 30 heavy (non-hydrogen) atoms. The highest BCUT2D eigenvalue weighted by atomic mass is 16.5. The van der Waals surface area contributed by atoms with Gasteiger partial charge in [-0.05, 0) is 49.4 Å². The number of aromatic hydroxyl groups is 1. The lowest BCUT2D eigenvalue weighted by atomic mass is 10.2. The average molecular weight is 408 g/mol. The number of esters is 1. The van der Waals surface area contributed by atoms with Gasteiger partial charge < -0.3 is 19.6 Å². The topological polar surface area (TPSA) is 92.0 Å². The van der Waals surface area contributed by atoms with E-state index < -0.39 is 5.97 Å². The van der Waals surface area contributed by atoms with E-state index in [4.69, 9.17) is 9.15 Å². The number of phenols is 1. The van der Waals surface area contributed by atoms with Crippen molar-refractivity contribution in [1.82, 2.24) is 4.90 Å². The monoisotopic (exact) mass is 408 g/mol. The second kappa shape index (κ2) is 10.3. The van der Waals surface area contributed by atoms with Gasteiger partial charge in [-0.25, -0.2) is 4.79 Å². The van der Waals surface area contributed by atoms with Gasteiger partial charge in [-0.2, -0.15) is 0 Å². The van der Waals surface area contributed by atoms with Crippen molar-refractivity contribution >= 4 is 17.6 Å². The number of carbonyl (C=O) groups is 2. The molecule has 2 N–H and O–H groups in total.